The predicted octanol–water partition coefficient (Wildman–Crippen LogP) is 4.47. The summed E-state index contributed by atoms with van der Waals surface area (Å²) in [4.78, 5) is 4.51. The first-order valence-corrected chi connectivity index (χ1v) is 7.00. The molecule has 1 unspecified atom stereocenters. The van der Waals surface area contributed by atoms with Crippen LogP contribution in [0.3, 0.4) is 0 Å². The van der Waals surface area contributed by atoms with Crippen LogP contribution in [0, 0.1) is 5.82 Å². The largest absolute Gasteiger partial charge is 0.497 e. The van der Waals surface area contributed by atoms with Crippen LogP contribution in [0.5, 0.6) is 5.75 Å². The molecule has 0 aliphatic rings. The zero-order valence-corrected chi connectivity index (χ0v) is 12.4. The molecule has 3 nitrogen and oxygen atoms in total. The molecule has 1 aromatic heterocycles. The van der Waals surface area contributed by atoms with E-state index < -0.39 is 0 Å². The van der Waals surface area contributed by atoms with E-state index in [-0.39, 0.29) is 11.2 Å². The molecule has 0 spiro atoms. The fourth-order valence-corrected chi connectivity index (χ4v) is 2.48. The SMILES string of the molecule is COc1ccc(-n2c(C(C)Cl)nc3ccc(F)cc32)cc1. The van der Waals surface area contributed by atoms with E-state index in [1.165, 1.54) is 12.1 Å². The first kappa shape index (κ1) is 13.9. The van der Waals surface area contributed by atoms with Crippen molar-refractivity contribution >= 4 is 22.6 Å². The lowest BCUT2D eigenvalue weighted by atomic mass is 10.2. The zero-order chi connectivity index (χ0) is 15.0. The standard InChI is InChI=1S/C16H14ClFN2O/c1-10(17)16-19-14-8-3-11(18)9-15(14)20(16)12-4-6-13(21-2)7-5-12/h3-10H,1-2H3. The van der Waals surface area contributed by atoms with Crippen molar-refractivity contribution in [2.75, 3.05) is 7.11 Å². The van der Waals surface area contributed by atoms with Crippen molar-refractivity contribution in [1.29, 1.82) is 0 Å². The number of halogens is 2. The minimum Gasteiger partial charge on any atom is -0.497 e. The summed E-state index contributed by atoms with van der Waals surface area (Å²) in [7, 11) is 1.61. The van der Waals surface area contributed by atoms with Crippen LogP contribution in [0.2, 0.25) is 0 Å². The number of imidazole rings is 1. The van der Waals surface area contributed by atoms with Crippen molar-refractivity contribution in [1.82, 2.24) is 9.55 Å². The molecule has 0 aliphatic heterocycles. The normalized spacial score (nSPS) is 12.6. The number of benzene rings is 2. The van der Waals surface area contributed by atoms with Crippen molar-refractivity contribution in [3.8, 4) is 11.4 Å². The highest BCUT2D eigenvalue weighted by atomic mass is 35.5. The van der Waals surface area contributed by atoms with Gasteiger partial charge in [0.1, 0.15) is 17.4 Å². The number of methoxy groups -OCH3 is 1. The molecule has 3 aromatic rings. The van der Waals surface area contributed by atoms with E-state index in [1.807, 2.05) is 35.8 Å². The average Bonchev–Trinajstić information content (AvgIpc) is 2.86. The first-order chi connectivity index (χ1) is 10.1. The van der Waals surface area contributed by atoms with Gasteiger partial charge in [-0.05, 0) is 43.3 Å². The summed E-state index contributed by atoms with van der Waals surface area (Å²) in [5.41, 5.74) is 2.28. The van der Waals surface area contributed by atoms with E-state index in [4.69, 9.17) is 16.3 Å². The van der Waals surface area contributed by atoms with Gasteiger partial charge in [-0.25, -0.2) is 9.37 Å². The Kier molecular flexibility index (Phi) is 3.55. The van der Waals surface area contributed by atoms with Crippen molar-refractivity contribution in [3.63, 3.8) is 0 Å². The molecule has 0 radical (unpaired) electrons. The van der Waals surface area contributed by atoms with Gasteiger partial charge in [0.15, 0.2) is 0 Å². The van der Waals surface area contributed by atoms with Gasteiger partial charge in [0.25, 0.3) is 0 Å². The highest BCUT2D eigenvalue weighted by Gasteiger charge is 2.16. The maximum atomic E-state index is 13.6. The zero-order valence-electron chi connectivity index (χ0n) is 11.7. The van der Waals surface area contributed by atoms with E-state index in [2.05, 4.69) is 4.98 Å². The molecule has 0 N–H and O–H groups in total. The van der Waals surface area contributed by atoms with E-state index in [0.717, 1.165) is 17.0 Å². The van der Waals surface area contributed by atoms with Gasteiger partial charge in [-0.2, -0.15) is 0 Å². The van der Waals surface area contributed by atoms with Crippen LogP contribution in [0.4, 0.5) is 4.39 Å². The van der Waals surface area contributed by atoms with Crippen LogP contribution in [-0.2, 0) is 0 Å². The van der Waals surface area contributed by atoms with E-state index in [9.17, 15) is 4.39 Å². The molecule has 0 saturated carbocycles. The minimum absolute atomic E-state index is 0.289. The molecule has 108 valence electrons. The number of nitrogens with zero attached hydrogens (tertiary/aromatic N) is 2. The molecule has 1 heterocycles. The maximum absolute atomic E-state index is 13.6. The summed E-state index contributed by atoms with van der Waals surface area (Å²) in [6.45, 7) is 1.85. The van der Waals surface area contributed by atoms with Crippen LogP contribution in [0.1, 0.15) is 18.1 Å². The summed E-state index contributed by atoms with van der Waals surface area (Å²) in [6.07, 6.45) is 0. The molecule has 0 bridgehead atoms. The molecular formula is C16H14ClFN2O. The molecule has 0 fully saturated rings. The van der Waals surface area contributed by atoms with Crippen LogP contribution in [-0.4, -0.2) is 16.7 Å². The number of rotatable bonds is 3. The minimum atomic E-state index is -0.300. The smallest absolute Gasteiger partial charge is 0.132 e. The number of hydrogen-bond acceptors (Lipinski definition) is 2. The van der Waals surface area contributed by atoms with E-state index in [0.29, 0.717) is 11.3 Å². The van der Waals surface area contributed by atoms with Gasteiger partial charge in [0.2, 0.25) is 0 Å². The number of aromatic nitrogens is 2. The van der Waals surface area contributed by atoms with Gasteiger partial charge in [0.05, 0.1) is 23.5 Å². The third-order valence-electron chi connectivity index (χ3n) is 3.33. The van der Waals surface area contributed by atoms with Crippen molar-refractivity contribution in [2.45, 2.75) is 12.3 Å². The van der Waals surface area contributed by atoms with E-state index >= 15 is 0 Å². The second-order valence-corrected chi connectivity index (χ2v) is 5.41. The molecular weight excluding hydrogens is 291 g/mol. The monoisotopic (exact) mass is 304 g/mol. The Bertz CT molecular complexity index is 781. The van der Waals surface area contributed by atoms with Gasteiger partial charge in [-0.1, -0.05) is 0 Å². The Morgan fingerprint density at radius 1 is 1.19 bits per heavy atom. The molecule has 2 aromatic carbocycles. The Balaban J connectivity index is 2.26. The number of alkyl halides is 1. The third kappa shape index (κ3) is 2.47. The summed E-state index contributed by atoms with van der Waals surface area (Å²) in [5.74, 6) is 1.14. The molecule has 0 saturated heterocycles. The van der Waals surface area contributed by atoms with Crippen LogP contribution < -0.4 is 4.74 Å². The fraction of sp³-hybridized carbons (Fsp3) is 0.188. The summed E-state index contributed by atoms with van der Waals surface area (Å²) in [5, 5.41) is -0.289. The van der Waals surface area contributed by atoms with Gasteiger partial charge < -0.3 is 4.74 Å². The lowest BCUT2D eigenvalue weighted by molar-refractivity contribution is 0.414. The van der Waals surface area contributed by atoms with Gasteiger partial charge in [0, 0.05) is 11.8 Å². The molecule has 0 amide bonds. The van der Waals surface area contributed by atoms with Gasteiger partial charge in [-0.15, -0.1) is 11.6 Å². The second-order valence-electron chi connectivity index (χ2n) is 4.75. The van der Waals surface area contributed by atoms with Crippen LogP contribution >= 0.6 is 11.6 Å². The maximum Gasteiger partial charge on any atom is 0.132 e. The molecule has 3 rings (SSSR count). The Morgan fingerprint density at radius 3 is 2.52 bits per heavy atom. The quantitative estimate of drug-likeness (QED) is 0.667. The Labute approximate surface area is 126 Å². The summed E-state index contributed by atoms with van der Waals surface area (Å²) in [6, 6.07) is 12.0. The number of ether oxygens (including phenoxy) is 1. The highest BCUT2D eigenvalue weighted by Crippen LogP contribution is 2.29. The molecule has 1 atom stereocenters. The lowest BCUT2D eigenvalue weighted by Gasteiger charge is -2.11. The Morgan fingerprint density at radius 2 is 1.90 bits per heavy atom. The average molecular weight is 305 g/mol. The molecule has 0 aliphatic carbocycles. The van der Waals surface area contributed by atoms with Crippen LogP contribution in [0.15, 0.2) is 42.5 Å². The molecule has 21 heavy (non-hydrogen) atoms. The van der Waals surface area contributed by atoms with Crippen LogP contribution in [0.25, 0.3) is 16.7 Å². The van der Waals surface area contributed by atoms with Crippen molar-refractivity contribution in [3.05, 3.63) is 54.1 Å². The van der Waals surface area contributed by atoms with E-state index in [1.54, 1.807) is 13.2 Å². The topological polar surface area (TPSA) is 27.1 Å². The number of hydrogen-bond donors (Lipinski definition) is 0. The van der Waals surface area contributed by atoms with Crippen molar-refractivity contribution in [2.24, 2.45) is 0 Å². The van der Waals surface area contributed by atoms with Crippen molar-refractivity contribution < 1.29 is 9.13 Å². The van der Waals surface area contributed by atoms with Gasteiger partial charge >= 0.3 is 0 Å². The molecule has 5 heteroatoms. The van der Waals surface area contributed by atoms with Gasteiger partial charge in [-0.3, -0.25) is 4.57 Å². The third-order valence-corrected chi connectivity index (χ3v) is 3.52. The Hall–Kier alpha value is -2.07. The predicted molar refractivity (Wildman–Crippen MR) is 81.8 cm³/mol. The fourth-order valence-electron chi connectivity index (χ4n) is 2.34. The lowest BCUT2D eigenvalue weighted by Crippen LogP contribution is -2.02. The summed E-state index contributed by atoms with van der Waals surface area (Å²) < 4.78 is 20.6. The second kappa shape index (κ2) is 5.37. The summed E-state index contributed by atoms with van der Waals surface area (Å²) >= 11 is 6.23. The highest BCUT2D eigenvalue weighted by molar-refractivity contribution is 6.20. The number of fused-ring (bicyclic) bond motifs is 1. The first-order valence-electron chi connectivity index (χ1n) is 6.56.